The van der Waals surface area contributed by atoms with Crippen molar-refractivity contribution in [3.63, 3.8) is 0 Å². The van der Waals surface area contributed by atoms with Gasteiger partial charge in [0.15, 0.2) is 0 Å². The Balaban J connectivity index is 2.50. The van der Waals surface area contributed by atoms with Crippen LogP contribution in [0.5, 0.6) is 0 Å². The molecule has 1 rings (SSSR count). The first kappa shape index (κ1) is 10.9. The molecular weight excluding hydrogens is 202 g/mol. The van der Waals surface area contributed by atoms with Crippen molar-refractivity contribution in [1.29, 1.82) is 0 Å². The van der Waals surface area contributed by atoms with Crippen LogP contribution in [0.3, 0.4) is 0 Å². The van der Waals surface area contributed by atoms with Gasteiger partial charge < -0.3 is 4.84 Å². The van der Waals surface area contributed by atoms with Crippen LogP contribution in [0.1, 0.15) is 19.8 Å². The van der Waals surface area contributed by atoms with Crippen LogP contribution in [0.4, 0.5) is 5.69 Å². The van der Waals surface area contributed by atoms with Gasteiger partial charge in [-0.2, -0.15) is 0 Å². The molecule has 1 aromatic carbocycles. The number of nitrogens with zero attached hydrogens (tertiary/aromatic N) is 1. The quantitative estimate of drug-likeness (QED) is 0.569. The summed E-state index contributed by atoms with van der Waals surface area (Å²) in [5, 5.41) is 0. The zero-order valence-electron chi connectivity index (χ0n) is 7.94. The molecule has 0 N–H and O–H groups in total. The molecule has 4 heteroatoms. The van der Waals surface area contributed by atoms with E-state index in [0.717, 1.165) is 11.0 Å². The van der Waals surface area contributed by atoms with Gasteiger partial charge in [0.05, 0.1) is 17.5 Å². The average molecular weight is 214 g/mol. The van der Waals surface area contributed by atoms with Crippen LogP contribution in [0.15, 0.2) is 30.3 Å². The van der Waals surface area contributed by atoms with Gasteiger partial charge in [0.1, 0.15) is 0 Å². The Bertz CT molecular complexity index is 289. The first-order valence-corrected chi connectivity index (χ1v) is 4.79. The van der Waals surface area contributed by atoms with E-state index in [4.69, 9.17) is 16.6 Å². The van der Waals surface area contributed by atoms with E-state index < -0.39 is 0 Å². The molecule has 0 spiro atoms. The molecule has 0 amide bonds. The highest BCUT2D eigenvalue weighted by Gasteiger charge is 2.08. The molecule has 0 fully saturated rings. The van der Waals surface area contributed by atoms with E-state index in [1.165, 1.54) is 0 Å². The molecule has 0 atom stereocenters. The number of carbonyl (C=O) groups excluding carboxylic acids is 1. The number of para-hydroxylation sites is 1. The molecule has 0 unspecified atom stereocenters. The van der Waals surface area contributed by atoms with Crippen molar-refractivity contribution in [1.82, 2.24) is 0 Å². The second-order valence-electron chi connectivity index (χ2n) is 2.79. The summed E-state index contributed by atoms with van der Waals surface area (Å²) in [6.07, 6.45) is 1.12. The van der Waals surface area contributed by atoms with Crippen molar-refractivity contribution in [3.05, 3.63) is 30.3 Å². The zero-order chi connectivity index (χ0) is 10.4. The molecule has 0 aliphatic heterocycles. The highest BCUT2D eigenvalue weighted by molar-refractivity contribution is 6.24. The summed E-state index contributed by atoms with van der Waals surface area (Å²) in [5.41, 5.74) is 0.638. The molecule has 0 saturated carbocycles. The van der Waals surface area contributed by atoms with Crippen LogP contribution in [0.2, 0.25) is 0 Å². The Kier molecular flexibility index (Phi) is 4.26. The van der Waals surface area contributed by atoms with E-state index in [0.29, 0.717) is 12.1 Å². The summed E-state index contributed by atoms with van der Waals surface area (Å²) in [6, 6.07) is 9.01. The van der Waals surface area contributed by atoms with Gasteiger partial charge >= 0.3 is 5.97 Å². The summed E-state index contributed by atoms with van der Waals surface area (Å²) >= 11 is 5.73. The monoisotopic (exact) mass is 213 g/mol. The highest BCUT2D eigenvalue weighted by Crippen LogP contribution is 2.16. The molecular formula is C10H12ClNO2. The predicted octanol–water partition coefficient (Wildman–Crippen LogP) is 2.91. The van der Waals surface area contributed by atoms with Crippen molar-refractivity contribution >= 4 is 23.4 Å². The number of hydrogen-bond donors (Lipinski definition) is 0. The Hall–Kier alpha value is -1.22. The Morgan fingerprint density at radius 1 is 1.43 bits per heavy atom. The van der Waals surface area contributed by atoms with Gasteiger partial charge in [0, 0.05) is 6.42 Å². The van der Waals surface area contributed by atoms with Crippen molar-refractivity contribution < 1.29 is 9.63 Å². The summed E-state index contributed by atoms with van der Waals surface area (Å²) in [5.74, 6) is -0.327. The molecule has 0 radical (unpaired) electrons. The molecule has 0 saturated heterocycles. The smallest absolute Gasteiger partial charge is 0.325 e. The fraction of sp³-hybridized carbons (Fsp3) is 0.300. The average Bonchev–Trinajstić information content (AvgIpc) is 2.19. The fourth-order valence-electron chi connectivity index (χ4n) is 0.937. The fourth-order valence-corrected chi connectivity index (χ4v) is 1.13. The second kappa shape index (κ2) is 5.50. The Morgan fingerprint density at radius 2 is 2.07 bits per heavy atom. The van der Waals surface area contributed by atoms with E-state index in [-0.39, 0.29) is 5.97 Å². The van der Waals surface area contributed by atoms with Crippen LogP contribution in [0, 0.1) is 0 Å². The lowest BCUT2D eigenvalue weighted by molar-refractivity contribution is -0.143. The Morgan fingerprint density at radius 3 is 2.64 bits per heavy atom. The molecule has 3 nitrogen and oxygen atoms in total. The van der Waals surface area contributed by atoms with Gasteiger partial charge in [-0.1, -0.05) is 25.1 Å². The van der Waals surface area contributed by atoms with Crippen LogP contribution in [0.25, 0.3) is 0 Å². The van der Waals surface area contributed by atoms with E-state index in [9.17, 15) is 4.79 Å². The summed E-state index contributed by atoms with van der Waals surface area (Å²) in [4.78, 5) is 15.9. The van der Waals surface area contributed by atoms with Crippen LogP contribution in [-0.4, -0.2) is 5.97 Å². The number of halogens is 1. The minimum Gasteiger partial charge on any atom is -0.325 e. The van der Waals surface area contributed by atoms with Gasteiger partial charge in [-0.3, -0.25) is 0 Å². The lowest BCUT2D eigenvalue weighted by Gasteiger charge is -2.13. The first-order chi connectivity index (χ1) is 6.74. The van der Waals surface area contributed by atoms with E-state index in [1.54, 1.807) is 12.1 Å². The normalized spacial score (nSPS) is 9.57. The maximum absolute atomic E-state index is 11.1. The largest absolute Gasteiger partial charge is 0.334 e. The van der Waals surface area contributed by atoms with Crippen molar-refractivity contribution in [2.24, 2.45) is 0 Å². The van der Waals surface area contributed by atoms with Crippen molar-refractivity contribution in [3.8, 4) is 0 Å². The third-order valence-corrected chi connectivity index (χ3v) is 1.86. The van der Waals surface area contributed by atoms with Gasteiger partial charge in [0.25, 0.3) is 0 Å². The van der Waals surface area contributed by atoms with E-state index >= 15 is 0 Å². The topological polar surface area (TPSA) is 29.5 Å². The lowest BCUT2D eigenvalue weighted by atomic mass is 10.3. The molecule has 1 aromatic rings. The molecule has 14 heavy (non-hydrogen) atoms. The predicted molar refractivity (Wildman–Crippen MR) is 55.8 cm³/mol. The number of anilines is 1. The number of benzene rings is 1. The SMILES string of the molecule is CCCC(=O)ON(Cl)c1ccccc1. The standard InChI is InChI=1S/C10H12ClNO2/c1-2-6-10(13)14-12(11)9-7-4-3-5-8-9/h3-5,7-8H,2,6H2,1H3. The lowest BCUT2D eigenvalue weighted by Crippen LogP contribution is -2.17. The number of carbonyl (C=O) groups is 1. The molecule has 0 aliphatic carbocycles. The molecule has 0 aromatic heterocycles. The van der Waals surface area contributed by atoms with Crippen LogP contribution >= 0.6 is 11.8 Å². The number of rotatable bonds is 4. The second-order valence-corrected chi connectivity index (χ2v) is 3.10. The van der Waals surface area contributed by atoms with Gasteiger partial charge in [-0.05, 0) is 18.6 Å². The minimum absolute atomic E-state index is 0.327. The molecule has 0 heterocycles. The first-order valence-electron chi connectivity index (χ1n) is 4.45. The third kappa shape index (κ3) is 3.26. The number of hydrogen-bond acceptors (Lipinski definition) is 3. The summed E-state index contributed by atoms with van der Waals surface area (Å²) in [7, 11) is 0. The van der Waals surface area contributed by atoms with Crippen LogP contribution < -0.4 is 4.58 Å². The van der Waals surface area contributed by atoms with E-state index in [2.05, 4.69) is 0 Å². The zero-order valence-corrected chi connectivity index (χ0v) is 8.70. The van der Waals surface area contributed by atoms with Crippen LogP contribution in [-0.2, 0) is 9.63 Å². The maximum Gasteiger partial charge on any atom is 0.334 e. The van der Waals surface area contributed by atoms with Gasteiger partial charge in [-0.15, -0.1) is 4.58 Å². The highest BCUT2D eigenvalue weighted by atomic mass is 35.5. The van der Waals surface area contributed by atoms with Crippen molar-refractivity contribution in [2.75, 3.05) is 4.58 Å². The molecule has 76 valence electrons. The van der Waals surface area contributed by atoms with Gasteiger partial charge in [0.2, 0.25) is 0 Å². The van der Waals surface area contributed by atoms with E-state index in [1.807, 2.05) is 25.1 Å². The minimum atomic E-state index is -0.327. The summed E-state index contributed by atoms with van der Waals surface area (Å²) in [6.45, 7) is 1.91. The van der Waals surface area contributed by atoms with Gasteiger partial charge in [-0.25, -0.2) is 4.79 Å². The molecule has 0 aliphatic rings. The summed E-state index contributed by atoms with van der Waals surface area (Å²) < 4.78 is 0.956. The molecule has 0 bridgehead atoms. The van der Waals surface area contributed by atoms with Crippen molar-refractivity contribution in [2.45, 2.75) is 19.8 Å². The maximum atomic E-state index is 11.1. The Labute approximate surface area is 88.3 Å². The third-order valence-electron chi connectivity index (χ3n) is 1.60.